The van der Waals surface area contributed by atoms with Gasteiger partial charge in [-0.15, -0.1) is 0 Å². The second-order valence-electron chi connectivity index (χ2n) is 10.9. The van der Waals surface area contributed by atoms with Crippen molar-refractivity contribution in [2.45, 2.75) is 32.2 Å². The molecule has 4 amide bonds. The molecule has 2 aliphatic heterocycles. The number of aromatic nitrogens is 1. The molecule has 12 nitrogen and oxygen atoms in total. The number of benzene rings is 2. The van der Waals surface area contributed by atoms with Crippen molar-refractivity contribution in [1.82, 2.24) is 25.6 Å². The Morgan fingerprint density at radius 2 is 1.72 bits per heavy atom. The van der Waals surface area contributed by atoms with Gasteiger partial charge in [-0.05, 0) is 49.7 Å². The number of carbonyl (C=O) groups excluding carboxylic acids is 4. The predicted molar refractivity (Wildman–Crippen MR) is 156 cm³/mol. The Balaban J connectivity index is 1.25. The van der Waals surface area contributed by atoms with Crippen LogP contribution in [0.4, 0.5) is 18.0 Å². The maximum absolute atomic E-state index is 13.3. The lowest BCUT2D eigenvalue weighted by molar-refractivity contribution is -0.208. The molecule has 0 unspecified atom stereocenters. The summed E-state index contributed by atoms with van der Waals surface area (Å²) in [7, 11) is 0. The molecule has 1 aromatic heterocycles. The number of ether oxygens (including phenoxy) is 2. The number of urea groups is 1. The molecule has 15 heteroatoms. The summed E-state index contributed by atoms with van der Waals surface area (Å²) < 4.78 is 49.0. The highest BCUT2D eigenvalue weighted by Gasteiger charge is 2.43. The molecule has 2 atom stereocenters. The molecule has 0 radical (unpaired) electrons. The molecule has 2 saturated heterocycles. The van der Waals surface area contributed by atoms with Crippen LogP contribution in [0.3, 0.4) is 0 Å². The number of aryl methyl sites for hydroxylation is 1. The van der Waals surface area contributed by atoms with Gasteiger partial charge in [0.05, 0.1) is 30.7 Å². The minimum absolute atomic E-state index is 0.00757. The molecular weight excluding hydrogens is 611 g/mol. The quantitative estimate of drug-likeness (QED) is 0.391. The van der Waals surface area contributed by atoms with Gasteiger partial charge in [-0.3, -0.25) is 14.6 Å². The number of piperidine rings is 1. The lowest BCUT2D eigenvalue weighted by Gasteiger charge is -2.40. The van der Waals surface area contributed by atoms with Crippen LogP contribution in [0.2, 0.25) is 0 Å². The Morgan fingerprint density at radius 1 is 1.00 bits per heavy atom. The minimum atomic E-state index is -5.31. The maximum atomic E-state index is 13.3. The van der Waals surface area contributed by atoms with E-state index in [2.05, 4.69) is 15.1 Å². The van der Waals surface area contributed by atoms with Crippen molar-refractivity contribution < 1.29 is 46.7 Å². The summed E-state index contributed by atoms with van der Waals surface area (Å²) in [6.07, 6.45) is -5.32. The third-order valence-electron chi connectivity index (χ3n) is 7.73. The van der Waals surface area contributed by atoms with Crippen molar-refractivity contribution in [2.24, 2.45) is 5.92 Å². The molecule has 2 aromatic carbocycles. The van der Waals surface area contributed by atoms with Gasteiger partial charge in [-0.1, -0.05) is 18.2 Å². The molecule has 2 N–H and O–H groups in total. The van der Waals surface area contributed by atoms with Gasteiger partial charge in [0.1, 0.15) is 12.4 Å². The number of pyridine rings is 1. The van der Waals surface area contributed by atoms with Crippen LogP contribution in [0.5, 0.6) is 5.75 Å². The fourth-order valence-corrected chi connectivity index (χ4v) is 5.40. The van der Waals surface area contributed by atoms with Crippen molar-refractivity contribution in [3.63, 3.8) is 0 Å². The zero-order chi connectivity index (χ0) is 32.8. The molecule has 3 heterocycles. The number of nitrogens with zero attached hydrogens (tertiary/aromatic N) is 3. The van der Waals surface area contributed by atoms with Crippen molar-refractivity contribution in [3.8, 4) is 5.75 Å². The standard InChI is InChI=1S/C31H32F3N5O7/c1-19-16-21(23-4-2-3-5-25(23)35-19)18-45-22-8-6-20(7-9-22)27(40)36-26-17-39(30(43)38-12-14-44-15-13-38)11-10-24(26)28(41)37-46-29(42)31(32,33)34/h2-9,16,24,26H,10-15,17-18H2,1H3,(H,36,40)(H,37,41)/t24-,26+/m0/s1. The summed E-state index contributed by atoms with van der Waals surface area (Å²) in [6, 6.07) is 14.6. The van der Waals surface area contributed by atoms with E-state index in [1.54, 1.807) is 22.5 Å². The monoisotopic (exact) mass is 643 g/mol. The van der Waals surface area contributed by atoms with E-state index >= 15 is 0 Å². The second-order valence-corrected chi connectivity index (χ2v) is 10.9. The largest absolute Gasteiger partial charge is 0.493 e. The molecular formula is C31H32F3N5O7. The second kappa shape index (κ2) is 14.0. The Labute approximate surface area is 261 Å². The molecule has 0 aliphatic carbocycles. The first-order valence-electron chi connectivity index (χ1n) is 14.6. The number of hydroxylamine groups is 1. The average molecular weight is 644 g/mol. The molecule has 46 heavy (non-hydrogen) atoms. The normalized spacial score (nSPS) is 18.5. The highest BCUT2D eigenvalue weighted by molar-refractivity contribution is 5.95. The number of para-hydroxylation sites is 1. The number of alkyl halides is 3. The van der Waals surface area contributed by atoms with Gasteiger partial charge < -0.3 is 29.4 Å². The van der Waals surface area contributed by atoms with Crippen LogP contribution < -0.4 is 15.5 Å². The number of hydrogen-bond donors (Lipinski definition) is 2. The summed E-state index contributed by atoms with van der Waals surface area (Å²) in [5.41, 5.74) is 4.42. The van der Waals surface area contributed by atoms with Crippen LogP contribution in [0, 0.1) is 12.8 Å². The molecule has 2 fully saturated rings. The van der Waals surface area contributed by atoms with Crippen LogP contribution >= 0.6 is 0 Å². The van der Waals surface area contributed by atoms with Crippen LogP contribution in [0.15, 0.2) is 54.6 Å². The van der Waals surface area contributed by atoms with Gasteiger partial charge in [0.2, 0.25) is 0 Å². The molecule has 0 saturated carbocycles. The number of morpholine rings is 1. The first-order valence-corrected chi connectivity index (χ1v) is 14.6. The first-order chi connectivity index (χ1) is 22.0. The number of halogens is 3. The molecule has 0 bridgehead atoms. The number of amides is 4. The molecule has 2 aliphatic rings. The molecule has 244 valence electrons. The summed E-state index contributed by atoms with van der Waals surface area (Å²) in [4.78, 5) is 61.8. The molecule has 3 aromatic rings. The number of likely N-dealkylation sites (tertiary alicyclic amines) is 1. The third kappa shape index (κ3) is 7.83. The van der Waals surface area contributed by atoms with Crippen molar-refractivity contribution in [2.75, 3.05) is 39.4 Å². The zero-order valence-electron chi connectivity index (χ0n) is 24.8. The van der Waals surface area contributed by atoms with E-state index in [0.717, 1.165) is 22.2 Å². The number of nitrogens with one attached hydrogen (secondary N) is 2. The van der Waals surface area contributed by atoms with E-state index in [1.807, 2.05) is 37.3 Å². The van der Waals surface area contributed by atoms with Gasteiger partial charge in [-0.2, -0.15) is 18.7 Å². The van der Waals surface area contributed by atoms with Crippen LogP contribution in [0.1, 0.15) is 28.0 Å². The van der Waals surface area contributed by atoms with Crippen molar-refractivity contribution >= 4 is 34.7 Å². The van der Waals surface area contributed by atoms with E-state index in [9.17, 15) is 32.3 Å². The SMILES string of the molecule is Cc1cc(COc2ccc(C(=O)N[C@@H]3CN(C(=O)N4CCOCC4)CC[C@@H]3C(=O)NOC(=O)C(F)(F)F)cc2)c2ccccc2n1. The van der Waals surface area contributed by atoms with Gasteiger partial charge in [0, 0.05) is 48.4 Å². The van der Waals surface area contributed by atoms with E-state index < -0.39 is 35.9 Å². The fourth-order valence-electron chi connectivity index (χ4n) is 5.40. The topological polar surface area (TPSA) is 139 Å². The summed E-state index contributed by atoms with van der Waals surface area (Å²) in [6.45, 7) is 3.63. The van der Waals surface area contributed by atoms with Crippen LogP contribution in [-0.4, -0.2) is 90.2 Å². The van der Waals surface area contributed by atoms with E-state index in [1.165, 1.54) is 17.0 Å². The minimum Gasteiger partial charge on any atom is -0.489 e. The van der Waals surface area contributed by atoms with Crippen molar-refractivity contribution in [3.05, 3.63) is 71.4 Å². The van der Waals surface area contributed by atoms with E-state index in [-0.39, 0.29) is 37.7 Å². The smallest absolute Gasteiger partial charge is 0.489 e. The Bertz CT molecular complexity index is 1600. The Hall–Kier alpha value is -4.92. The van der Waals surface area contributed by atoms with Gasteiger partial charge in [0.15, 0.2) is 0 Å². The number of fused-ring (bicyclic) bond motifs is 1. The van der Waals surface area contributed by atoms with Gasteiger partial charge in [-0.25, -0.2) is 9.59 Å². The highest BCUT2D eigenvalue weighted by atomic mass is 19.4. The molecule has 0 spiro atoms. The fraction of sp³-hybridized carbons (Fsp3) is 0.387. The first kappa shape index (κ1) is 32.5. The van der Waals surface area contributed by atoms with Crippen LogP contribution in [-0.2, 0) is 25.8 Å². The third-order valence-corrected chi connectivity index (χ3v) is 7.73. The maximum Gasteiger partial charge on any atom is 0.493 e. The zero-order valence-corrected chi connectivity index (χ0v) is 24.8. The average Bonchev–Trinajstić information content (AvgIpc) is 3.05. The van der Waals surface area contributed by atoms with Gasteiger partial charge in [0.25, 0.3) is 11.8 Å². The Kier molecular flexibility index (Phi) is 9.90. The summed E-state index contributed by atoms with van der Waals surface area (Å²) >= 11 is 0. The predicted octanol–water partition coefficient (Wildman–Crippen LogP) is 3.13. The molecule has 5 rings (SSSR count). The number of rotatable bonds is 6. The Morgan fingerprint density at radius 3 is 2.43 bits per heavy atom. The van der Waals surface area contributed by atoms with E-state index in [4.69, 9.17) is 9.47 Å². The lowest BCUT2D eigenvalue weighted by atomic mass is 9.90. The summed E-state index contributed by atoms with van der Waals surface area (Å²) in [5.74, 6) is -4.81. The highest BCUT2D eigenvalue weighted by Crippen LogP contribution is 2.24. The van der Waals surface area contributed by atoms with E-state index in [0.29, 0.717) is 32.1 Å². The van der Waals surface area contributed by atoms with Crippen molar-refractivity contribution in [1.29, 1.82) is 0 Å². The number of carbonyl (C=O) groups is 4. The van der Waals surface area contributed by atoms with Crippen LogP contribution in [0.25, 0.3) is 10.9 Å². The lowest BCUT2D eigenvalue weighted by Crippen LogP contribution is -2.60. The summed E-state index contributed by atoms with van der Waals surface area (Å²) in [5, 5.41) is 3.69. The number of hydrogen-bond acceptors (Lipinski definition) is 8. The van der Waals surface area contributed by atoms with Gasteiger partial charge >= 0.3 is 18.2 Å².